The number of aliphatic carboxylic acids is 1. The van der Waals surface area contributed by atoms with E-state index in [0.717, 1.165) is 5.56 Å². The van der Waals surface area contributed by atoms with Crippen molar-refractivity contribution in [2.75, 3.05) is 19.7 Å². The van der Waals surface area contributed by atoms with Crippen molar-refractivity contribution in [2.45, 2.75) is 31.5 Å². The third-order valence-corrected chi connectivity index (χ3v) is 6.70. The zero-order chi connectivity index (χ0) is 27.1. The lowest BCUT2D eigenvalue weighted by Gasteiger charge is -2.42. The van der Waals surface area contributed by atoms with Gasteiger partial charge in [-0.1, -0.05) is 66.2 Å². The highest BCUT2D eigenvalue weighted by molar-refractivity contribution is 6.30. The van der Waals surface area contributed by atoms with Gasteiger partial charge in [0.25, 0.3) is 5.91 Å². The Bertz CT molecular complexity index is 1270. The average molecular weight is 539 g/mol. The van der Waals surface area contributed by atoms with Crippen LogP contribution in [0.5, 0.6) is 0 Å². The molecule has 1 saturated heterocycles. The summed E-state index contributed by atoms with van der Waals surface area (Å²) >= 11 is 6.10. The Morgan fingerprint density at radius 2 is 1.71 bits per heavy atom. The molecule has 1 fully saturated rings. The molecule has 9 heteroatoms. The molecule has 3 aromatic carbocycles. The number of halogens is 2. The predicted molar refractivity (Wildman–Crippen MR) is 140 cm³/mol. The fraction of sp³-hybridized carbons (Fsp3) is 0.276. The number of rotatable bonds is 10. The summed E-state index contributed by atoms with van der Waals surface area (Å²) in [6.45, 7) is 0.00461. The fourth-order valence-corrected chi connectivity index (χ4v) is 4.67. The molecule has 1 aliphatic heterocycles. The summed E-state index contributed by atoms with van der Waals surface area (Å²) in [6, 6.07) is 21.4. The third-order valence-electron chi connectivity index (χ3n) is 6.45. The monoisotopic (exact) mass is 538 g/mol. The molecule has 1 N–H and O–H groups in total. The second-order valence-electron chi connectivity index (χ2n) is 9.08. The van der Waals surface area contributed by atoms with E-state index in [0.29, 0.717) is 22.6 Å². The number of carbonyl (C=O) groups is 3. The summed E-state index contributed by atoms with van der Waals surface area (Å²) in [6.07, 6.45) is -0.798. The Kier molecular flexibility index (Phi) is 9.10. The van der Waals surface area contributed by atoms with Gasteiger partial charge in [-0.25, -0.2) is 4.39 Å². The number of benzene rings is 3. The van der Waals surface area contributed by atoms with Crippen LogP contribution in [0.2, 0.25) is 5.02 Å². The third kappa shape index (κ3) is 6.96. The molecule has 0 aromatic heterocycles. The van der Waals surface area contributed by atoms with Gasteiger partial charge in [-0.3, -0.25) is 14.4 Å². The maximum absolute atomic E-state index is 13.9. The summed E-state index contributed by atoms with van der Waals surface area (Å²) < 4.78 is 19.8. The molecule has 1 aliphatic rings. The Hall–Kier alpha value is -3.75. The van der Waals surface area contributed by atoms with Crippen molar-refractivity contribution in [3.8, 4) is 0 Å². The first-order valence-electron chi connectivity index (χ1n) is 12.3. The zero-order valence-electron chi connectivity index (χ0n) is 20.6. The number of ether oxygens (including phenoxy) is 1. The van der Waals surface area contributed by atoms with Crippen LogP contribution in [0.4, 0.5) is 4.39 Å². The highest BCUT2D eigenvalue weighted by Crippen LogP contribution is 2.33. The fourth-order valence-electron chi connectivity index (χ4n) is 4.54. The summed E-state index contributed by atoms with van der Waals surface area (Å²) in [5.74, 6) is -2.22. The number of carbonyl (C=O) groups excluding carboxylic acids is 2. The molecule has 38 heavy (non-hydrogen) atoms. The minimum absolute atomic E-state index is 0.00790. The van der Waals surface area contributed by atoms with E-state index in [1.807, 2.05) is 30.3 Å². The Morgan fingerprint density at radius 1 is 1.00 bits per heavy atom. The number of hydrogen-bond acceptors (Lipinski definition) is 4. The molecule has 1 heterocycles. The van der Waals surface area contributed by atoms with Crippen molar-refractivity contribution in [2.24, 2.45) is 0 Å². The summed E-state index contributed by atoms with van der Waals surface area (Å²) in [5, 5.41) is 9.78. The molecule has 7 nitrogen and oxygen atoms in total. The number of hydrogen-bond donors (Lipinski definition) is 1. The molecule has 2 atom stereocenters. The second kappa shape index (κ2) is 12.7. The summed E-state index contributed by atoms with van der Waals surface area (Å²) in [7, 11) is 0. The van der Waals surface area contributed by atoms with Crippen LogP contribution in [0.3, 0.4) is 0 Å². The maximum Gasteiger partial charge on any atom is 0.305 e. The van der Waals surface area contributed by atoms with Crippen LogP contribution in [0.25, 0.3) is 0 Å². The predicted octanol–water partition coefficient (Wildman–Crippen LogP) is 4.49. The first-order chi connectivity index (χ1) is 18.3. The molecule has 0 radical (unpaired) electrons. The Morgan fingerprint density at radius 3 is 2.39 bits per heavy atom. The van der Waals surface area contributed by atoms with Gasteiger partial charge >= 0.3 is 5.97 Å². The lowest BCUT2D eigenvalue weighted by atomic mass is 9.95. The zero-order valence-corrected chi connectivity index (χ0v) is 21.4. The van der Waals surface area contributed by atoms with Crippen LogP contribution in [0.15, 0.2) is 78.9 Å². The van der Waals surface area contributed by atoms with Crippen LogP contribution in [0.1, 0.15) is 29.2 Å². The van der Waals surface area contributed by atoms with Crippen molar-refractivity contribution in [1.29, 1.82) is 0 Å². The molecular weight excluding hydrogens is 511 g/mol. The van der Waals surface area contributed by atoms with Crippen molar-refractivity contribution >= 4 is 29.4 Å². The van der Waals surface area contributed by atoms with Gasteiger partial charge in [-0.05, 0) is 47.4 Å². The molecule has 3 aromatic rings. The summed E-state index contributed by atoms with van der Waals surface area (Å²) in [4.78, 5) is 41.3. The normalized spacial score (nSPS) is 17.3. The van der Waals surface area contributed by atoms with Gasteiger partial charge in [-0.2, -0.15) is 0 Å². The highest BCUT2D eigenvalue weighted by atomic mass is 35.5. The van der Waals surface area contributed by atoms with Gasteiger partial charge in [0, 0.05) is 24.7 Å². The largest absolute Gasteiger partial charge is 0.481 e. The lowest BCUT2D eigenvalue weighted by Crippen LogP contribution is -2.55. The Labute approximate surface area is 225 Å². The molecule has 0 spiro atoms. The van der Waals surface area contributed by atoms with E-state index >= 15 is 0 Å². The Balaban J connectivity index is 1.66. The molecule has 198 valence electrons. The van der Waals surface area contributed by atoms with Crippen LogP contribution in [-0.2, 0) is 32.1 Å². The standard InChI is InChI=1S/C29H28ClFN2O5/c30-23-11-9-22(10-12-23)27-28(38-19-25(34)33(27)18-21-7-4-8-24(31)17-21)29(37)32(16-14-26(35)36)15-13-20-5-2-1-3-6-20/h1-12,17,27-28H,13-16,18-19H2,(H,35,36)/t27-,28+/m1/s1. The number of morpholine rings is 1. The van der Waals surface area contributed by atoms with E-state index < -0.39 is 29.8 Å². The van der Waals surface area contributed by atoms with Crippen molar-refractivity contribution < 1.29 is 28.6 Å². The topological polar surface area (TPSA) is 87.1 Å². The van der Waals surface area contributed by atoms with Gasteiger partial charge in [0.1, 0.15) is 12.4 Å². The minimum Gasteiger partial charge on any atom is -0.481 e. The minimum atomic E-state index is -1.09. The molecule has 0 bridgehead atoms. The quantitative estimate of drug-likeness (QED) is 0.411. The van der Waals surface area contributed by atoms with Crippen LogP contribution >= 0.6 is 11.6 Å². The van der Waals surface area contributed by atoms with E-state index in [1.54, 1.807) is 36.4 Å². The smallest absolute Gasteiger partial charge is 0.305 e. The number of nitrogens with zero attached hydrogens (tertiary/aromatic N) is 2. The SMILES string of the molecule is O=C(O)CCN(CCc1ccccc1)C(=O)[C@H]1OCC(=O)N(Cc2cccc(F)c2)[C@@H]1c1ccc(Cl)cc1. The van der Waals surface area contributed by atoms with E-state index in [4.69, 9.17) is 16.3 Å². The molecule has 2 amide bonds. The van der Waals surface area contributed by atoms with E-state index in [-0.39, 0.29) is 38.6 Å². The van der Waals surface area contributed by atoms with Crippen molar-refractivity contribution in [1.82, 2.24) is 9.80 Å². The highest BCUT2D eigenvalue weighted by Gasteiger charge is 2.43. The van der Waals surface area contributed by atoms with Gasteiger partial charge < -0.3 is 19.6 Å². The lowest BCUT2D eigenvalue weighted by molar-refractivity contribution is -0.170. The number of amides is 2. The van der Waals surface area contributed by atoms with Crippen molar-refractivity contribution in [3.05, 3.63) is 106 Å². The second-order valence-corrected chi connectivity index (χ2v) is 9.52. The molecule has 4 rings (SSSR count). The molecule has 0 aliphatic carbocycles. The number of carboxylic acid groups (broad SMARTS) is 1. The first-order valence-corrected chi connectivity index (χ1v) is 12.6. The first kappa shape index (κ1) is 27.3. The summed E-state index contributed by atoms with van der Waals surface area (Å²) in [5.41, 5.74) is 2.19. The van der Waals surface area contributed by atoms with Crippen LogP contribution < -0.4 is 0 Å². The van der Waals surface area contributed by atoms with E-state index in [2.05, 4.69) is 0 Å². The van der Waals surface area contributed by atoms with Crippen LogP contribution in [0, 0.1) is 5.82 Å². The average Bonchev–Trinajstić information content (AvgIpc) is 2.90. The van der Waals surface area contributed by atoms with Crippen LogP contribution in [-0.4, -0.2) is 58.5 Å². The van der Waals surface area contributed by atoms with Gasteiger partial charge in [0.05, 0.1) is 12.5 Å². The molecular formula is C29H28ClFN2O5. The van der Waals surface area contributed by atoms with E-state index in [9.17, 15) is 23.9 Å². The van der Waals surface area contributed by atoms with Gasteiger partial charge in [-0.15, -0.1) is 0 Å². The molecule has 0 saturated carbocycles. The van der Waals surface area contributed by atoms with Gasteiger partial charge in [0.2, 0.25) is 5.91 Å². The molecule has 0 unspecified atom stereocenters. The number of carboxylic acids is 1. The van der Waals surface area contributed by atoms with E-state index in [1.165, 1.54) is 21.9 Å². The van der Waals surface area contributed by atoms with Crippen molar-refractivity contribution in [3.63, 3.8) is 0 Å². The maximum atomic E-state index is 13.9. The van der Waals surface area contributed by atoms with Gasteiger partial charge in [0.15, 0.2) is 6.10 Å².